The van der Waals surface area contributed by atoms with Crippen LogP contribution in [0.15, 0.2) is 53.3 Å². The average Bonchev–Trinajstić information content (AvgIpc) is 3.73. The van der Waals surface area contributed by atoms with Crippen LogP contribution in [-0.2, 0) is 17.8 Å². The van der Waals surface area contributed by atoms with Crippen molar-refractivity contribution in [1.82, 2.24) is 35.0 Å². The monoisotopic (exact) mass is 529 g/mol. The van der Waals surface area contributed by atoms with E-state index in [1.807, 2.05) is 28.9 Å². The number of piperazine rings is 1. The van der Waals surface area contributed by atoms with Crippen molar-refractivity contribution in [3.63, 3.8) is 0 Å². The minimum atomic E-state index is -0.404. The van der Waals surface area contributed by atoms with Crippen LogP contribution in [0.25, 0.3) is 10.9 Å². The minimum absolute atomic E-state index is 0.0743. The van der Waals surface area contributed by atoms with Crippen LogP contribution in [0.4, 0.5) is 0 Å². The van der Waals surface area contributed by atoms with Crippen molar-refractivity contribution in [1.29, 1.82) is 0 Å². The largest absolute Gasteiger partial charge is 0.454 e. The van der Waals surface area contributed by atoms with Gasteiger partial charge in [0.05, 0.1) is 18.2 Å². The number of ether oxygens (including phenoxy) is 3. The maximum atomic E-state index is 13.6. The van der Waals surface area contributed by atoms with Crippen LogP contribution in [0.1, 0.15) is 35.8 Å². The molecule has 3 aliphatic heterocycles. The van der Waals surface area contributed by atoms with Crippen LogP contribution in [-0.4, -0.2) is 80.7 Å². The molecule has 11 heteroatoms. The predicted molar refractivity (Wildman–Crippen MR) is 143 cm³/mol. The molecule has 2 aromatic carbocycles. The first-order valence-electron chi connectivity index (χ1n) is 13.6. The molecule has 0 bridgehead atoms. The number of aromatic amines is 1. The third-order valence-corrected chi connectivity index (χ3v) is 7.89. The fourth-order valence-corrected chi connectivity index (χ4v) is 5.86. The molecule has 3 aliphatic rings. The number of nitrogens with one attached hydrogen (secondary N) is 1. The van der Waals surface area contributed by atoms with Crippen molar-refractivity contribution in [2.75, 3.05) is 39.6 Å². The first-order valence-corrected chi connectivity index (χ1v) is 13.6. The van der Waals surface area contributed by atoms with Crippen LogP contribution in [0.3, 0.4) is 0 Å². The Morgan fingerprint density at radius 3 is 2.64 bits per heavy atom. The summed E-state index contributed by atoms with van der Waals surface area (Å²) < 4.78 is 18.8. The van der Waals surface area contributed by atoms with E-state index in [1.165, 1.54) is 5.56 Å². The molecule has 5 heterocycles. The van der Waals surface area contributed by atoms with Gasteiger partial charge in [0.15, 0.2) is 17.3 Å². The second-order valence-corrected chi connectivity index (χ2v) is 10.4. The van der Waals surface area contributed by atoms with Gasteiger partial charge in [0.1, 0.15) is 6.04 Å². The smallest absolute Gasteiger partial charge is 0.253 e. The lowest BCUT2D eigenvalue weighted by molar-refractivity contribution is 0.0840. The first-order chi connectivity index (χ1) is 19.2. The number of tetrazole rings is 1. The molecule has 39 heavy (non-hydrogen) atoms. The summed E-state index contributed by atoms with van der Waals surface area (Å²) in [7, 11) is 0. The highest BCUT2D eigenvalue weighted by Gasteiger charge is 2.33. The summed E-state index contributed by atoms with van der Waals surface area (Å²) in [5, 5.41) is 13.7. The Kier molecular flexibility index (Phi) is 6.47. The van der Waals surface area contributed by atoms with Crippen molar-refractivity contribution in [3.8, 4) is 11.5 Å². The lowest BCUT2D eigenvalue weighted by atomic mass is 10.0. The SMILES string of the molecule is O=c1[nH]c2cc3c(cc2cc1C(c1nnnn1CC1CCCO1)N1CCN(Cc2ccccc2)CC1)OCO3. The summed E-state index contributed by atoms with van der Waals surface area (Å²) in [6.45, 7) is 5.72. The molecule has 1 N–H and O–H groups in total. The lowest BCUT2D eigenvalue weighted by Gasteiger charge is -2.38. The van der Waals surface area contributed by atoms with Gasteiger partial charge in [-0.15, -0.1) is 5.10 Å². The van der Waals surface area contributed by atoms with Crippen molar-refractivity contribution >= 4 is 10.9 Å². The van der Waals surface area contributed by atoms with Crippen LogP contribution < -0.4 is 15.0 Å². The third-order valence-electron chi connectivity index (χ3n) is 7.89. The molecule has 2 atom stereocenters. The molecule has 0 radical (unpaired) electrons. The Hall–Kier alpha value is -3.80. The zero-order valence-electron chi connectivity index (χ0n) is 21.7. The topological polar surface area (TPSA) is 111 Å². The number of pyridine rings is 1. The average molecular weight is 530 g/mol. The number of H-pyrrole nitrogens is 1. The molecular weight excluding hydrogens is 498 g/mol. The van der Waals surface area contributed by atoms with Gasteiger partial charge < -0.3 is 19.2 Å². The summed E-state index contributed by atoms with van der Waals surface area (Å²) in [5.74, 6) is 1.97. The fraction of sp³-hybridized carbons (Fsp3) is 0.429. The van der Waals surface area contributed by atoms with Crippen LogP contribution >= 0.6 is 0 Å². The Bertz CT molecular complexity index is 1510. The lowest BCUT2D eigenvalue weighted by Crippen LogP contribution is -2.48. The summed E-state index contributed by atoms with van der Waals surface area (Å²) in [5.41, 5.74) is 2.46. The van der Waals surface area contributed by atoms with E-state index in [1.54, 1.807) is 0 Å². The van der Waals surface area contributed by atoms with Gasteiger partial charge in [-0.1, -0.05) is 30.3 Å². The first kappa shape index (κ1) is 24.3. The van der Waals surface area contributed by atoms with Gasteiger partial charge in [0, 0.05) is 56.3 Å². The summed E-state index contributed by atoms with van der Waals surface area (Å²) >= 11 is 0. The molecule has 7 rings (SSSR count). The van der Waals surface area contributed by atoms with E-state index in [2.05, 4.69) is 54.6 Å². The maximum Gasteiger partial charge on any atom is 0.253 e. The molecule has 0 amide bonds. The molecule has 0 aliphatic carbocycles. The zero-order chi connectivity index (χ0) is 26.2. The molecule has 202 valence electrons. The minimum Gasteiger partial charge on any atom is -0.454 e. The van der Waals surface area contributed by atoms with Crippen LogP contribution in [0, 0.1) is 0 Å². The molecule has 0 spiro atoms. The number of hydrogen-bond donors (Lipinski definition) is 1. The number of benzene rings is 2. The Morgan fingerprint density at radius 1 is 1.03 bits per heavy atom. The molecule has 11 nitrogen and oxygen atoms in total. The Labute approximate surface area is 225 Å². The van der Waals surface area contributed by atoms with Gasteiger partial charge in [-0.2, -0.15) is 0 Å². The fourth-order valence-electron chi connectivity index (χ4n) is 5.86. The molecule has 2 unspecified atom stereocenters. The van der Waals surface area contributed by atoms with E-state index >= 15 is 0 Å². The summed E-state index contributed by atoms with van der Waals surface area (Å²) in [4.78, 5) is 21.4. The number of rotatable bonds is 7. The van der Waals surface area contributed by atoms with Gasteiger partial charge >= 0.3 is 0 Å². The predicted octanol–water partition coefficient (Wildman–Crippen LogP) is 2.33. The second kappa shape index (κ2) is 10.4. The molecule has 2 aromatic heterocycles. The van der Waals surface area contributed by atoms with Crippen molar-refractivity contribution in [2.45, 2.75) is 38.1 Å². The van der Waals surface area contributed by atoms with Gasteiger partial charge in [-0.25, -0.2) is 4.68 Å². The Balaban J connectivity index is 1.23. The molecule has 2 saturated heterocycles. The van der Waals surface area contributed by atoms with E-state index in [0.29, 0.717) is 34.9 Å². The van der Waals surface area contributed by atoms with Gasteiger partial charge in [0.25, 0.3) is 5.56 Å². The normalized spacial score (nSPS) is 20.6. The molecule has 4 aromatic rings. The van der Waals surface area contributed by atoms with Crippen LogP contribution in [0.5, 0.6) is 11.5 Å². The van der Waals surface area contributed by atoms with Gasteiger partial charge in [-0.05, 0) is 41.0 Å². The quantitative estimate of drug-likeness (QED) is 0.386. The van der Waals surface area contributed by atoms with E-state index in [4.69, 9.17) is 14.2 Å². The number of aromatic nitrogens is 5. The molecular formula is C28H31N7O4. The highest BCUT2D eigenvalue weighted by atomic mass is 16.7. The highest BCUT2D eigenvalue weighted by molar-refractivity contribution is 5.83. The van der Waals surface area contributed by atoms with E-state index in [9.17, 15) is 4.79 Å². The van der Waals surface area contributed by atoms with Crippen molar-refractivity contribution in [2.24, 2.45) is 0 Å². The van der Waals surface area contributed by atoms with Crippen molar-refractivity contribution in [3.05, 3.63) is 75.8 Å². The molecule has 2 fully saturated rings. The highest BCUT2D eigenvalue weighted by Crippen LogP contribution is 2.36. The summed E-state index contributed by atoms with van der Waals surface area (Å²) in [6, 6.07) is 15.8. The van der Waals surface area contributed by atoms with E-state index in [-0.39, 0.29) is 18.5 Å². The van der Waals surface area contributed by atoms with Crippen molar-refractivity contribution < 1.29 is 14.2 Å². The third kappa shape index (κ3) is 4.88. The van der Waals surface area contributed by atoms with E-state index in [0.717, 1.165) is 57.6 Å². The number of hydrogen-bond acceptors (Lipinski definition) is 9. The zero-order valence-corrected chi connectivity index (χ0v) is 21.7. The number of nitrogens with zero attached hydrogens (tertiary/aromatic N) is 6. The summed E-state index contributed by atoms with van der Waals surface area (Å²) in [6.07, 6.45) is 2.09. The van der Waals surface area contributed by atoms with Gasteiger partial charge in [0.2, 0.25) is 6.79 Å². The second-order valence-electron chi connectivity index (χ2n) is 10.4. The number of fused-ring (bicyclic) bond motifs is 2. The van der Waals surface area contributed by atoms with E-state index < -0.39 is 6.04 Å². The maximum absolute atomic E-state index is 13.6. The van der Waals surface area contributed by atoms with Crippen LogP contribution in [0.2, 0.25) is 0 Å². The Morgan fingerprint density at radius 2 is 1.85 bits per heavy atom. The standard InChI is InChI=1S/C28H31N7O4/c36-28-22(13-20-14-24-25(39-18-38-24)15-23(20)29-28)26(27-30-31-32-35(27)17-21-7-4-12-37-21)34-10-8-33(9-11-34)16-19-5-2-1-3-6-19/h1-3,5-6,13-15,21,26H,4,7-12,16-18H2,(H,29,36). The van der Waals surface area contributed by atoms with Gasteiger partial charge in [-0.3, -0.25) is 14.6 Å². The molecule has 0 saturated carbocycles.